The molecule has 0 saturated heterocycles. The average molecular weight is 679 g/mol. The Labute approximate surface area is 304 Å². The highest BCUT2D eigenvalue weighted by Gasteiger charge is 2.18. The summed E-state index contributed by atoms with van der Waals surface area (Å²) in [6.07, 6.45) is 3.83. The number of hydrogen-bond acceptors (Lipinski definition) is 3. The van der Waals surface area contributed by atoms with Gasteiger partial charge in [0.1, 0.15) is 5.65 Å². The lowest BCUT2D eigenvalue weighted by Crippen LogP contribution is -1.96. The van der Waals surface area contributed by atoms with E-state index in [0.717, 1.165) is 55.8 Å². The van der Waals surface area contributed by atoms with E-state index in [0.29, 0.717) is 5.82 Å². The molecular weight excluding hydrogens is 649 g/mol. The summed E-state index contributed by atoms with van der Waals surface area (Å²) in [6, 6.07) is 59.9. The van der Waals surface area contributed by atoms with Gasteiger partial charge >= 0.3 is 0 Å². The van der Waals surface area contributed by atoms with Gasteiger partial charge in [-0.2, -0.15) is 0 Å². The Morgan fingerprint density at radius 2 is 1.08 bits per heavy atom. The third-order valence-corrected chi connectivity index (χ3v) is 10.4. The smallest absolute Gasteiger partial charge is 0.182 e. The van der Waals surface area contributed by atoms with E-state index >= 15 is 0 Å². The number of para-hydroxylation sites is 2. The van der Waals surface area contributed by atoms with Crippen LogP contribution in [0.5, 0.6) is 0 Å². The third kappa shape index (κ3) is 4.63. The fraction of sp³-hybridized carbons (Fsp3) is 0. The minimum absolute atomic E-state index is 0.669. The summed E-state index contributed by atoms with van der Waals surface area (Å²) in [5, 5.41) is 9.69. The van der Waals surface area contributed by atoms with Crippen LogP contribution >= 0.6 is 0 Å². The lowest BCUT2D eigenvalue weighted by Gasteiger charge is -2.08. The van der Waals surface area contributed by atoms with Gasteiger partial charge in [-0.25, -0.2) is 14.5 Å². The number of aromatic nitrogens is 6. The van der Waals surface area contributed by atoms with E-state index in [1.165, 1.54) is 32.8 Å². The monoisotopic (exact) mass is 678 g/mol. The van der Waals surface area contributed by atoms with Crippen LogP contribution in [0.3, 0.4) is 0 Å². The molecule has 0 atom stereocenters. The van der Waals surface area contributed by atoms with Gasteiger partial charge in [0.05, 0.1) is 16.6 Å². The lowest BCUT2D eigenvalue weighted by molar-refractivity contribution is 0.966. The summed E-state index contributed by atoms with van der Waals surface area (Å²) < 4.78 is 6.47. The number of benzene rings is 6. The Bertz CT molecular complexity index is 3120. The fourth-order valence-electron chi connectivity index (χ4n) is 7.95. The van der Waals surface area contributed by atoms with E-state index in [4.69, 9.17) is 15.1 Å². The molecule has 0 bridgehead atoms. The highest BCUT2D eigenvalue weighted by atomic mass is 15.3. The minimum Gasteiger partial charge on any atom is -0.309 e. The van der Waals surface area contributed by atoms with Crippen LogP contribution in [-0.2, 0) is 0 Å². The van der Waals surface area contributed by atoms with Crippen LogP contribution in [0, 0.1) is 0 Å². The van der Waals surface area contributed by atoms with Crippen molar-refractivity contribution in [2.75, 3.05) is 0 Å². The average Bonchev–Trinajstić information content (AvgIpc) is 3.92. The van der Waals surface area contributed by atoms with Crippen LogP contribution in [0.4, 0.5) is 0 Å². The molecule has 53 heavy (non-hydrogen) atoms. The van der Waals surface area contributed by atoms with Crippen molar-refractivity contribution in [3.05, 3.63) is 182 Å². The lowest BCUT2D eigenvalue weighted by atomic mass is 10.0. The molecule has 5 heterocycles. The van der Waals surface area contributed by atoms with Crippen LogP contribution in [0.15, 0.2) is 182 Å². The van der Waals surface area contributed by atoms with Crippen molar-refractivity contribution in [1.82, 2.24) is 28.7 Å². The molecule has 0 saturated carbocycles. The molecule has 248 valence electrons. The molecule has 0 aliphatic rings. The predicted octanol–water partition coefficient (Wildman–Crippen LogP) is 11.3. The Morgan fingerprint density at radius 3 is 1.92 bits per heavy atom. The summed E-state index contributed by atoms with van der Waals surface area (Å²) in [5.74, 6) is 0.669. The van der Waals surface area contributed by atoms with Gasteiger partial charge in [-0.05, 0) is 95.6 Å². The summed E-state index contributed by atoms with van der Waals surface area (Å²) in [6.45, 7) is 0. The number of nitrogens with zero attached hydrogens (tertiary/aromatic N) is 6. The summed E-state index contributed by atoms with van der Waals surface area (Å²) >= 11 is 0. The van der Waals surface area contributed by atoms with E-state index in [9.17, 15) is 0 Å². The predicted molar refractivity (Wildman–Crippen MR) is 216 cm³/mol. The zero-order valence-corrected chi connectivity index (χ0v) is 28.5. The second kappa shape index (κ2) is 11.6. The zero-order chi connectivity index (χ0) is 34.9. The number of hydrogen-bond donors (Lipinski definition) is 0. The first-order valence-corrected chi connectivity index (χ1v) is 17.8. The molecule has 0 aliphatic heterocycles. The SMILES string of the molecule is c1ccc(-c2ccc3c(c2)c2cc(-c4cccn5nc(-c6cccc(-n7c8ccccc8c8cccnc87)c6)nc45)ccc2n3-c2ccccc2)cc1. The van der Waals surface area contributed by atoms with Crippen LogP contribution in [0.1, 0.15) is 0 Å². The molecule has 11 aromatic rings. The van der Waals surface area contributed by atoms with Crippen molar-refractivity contribution in [1.29, 1.82) is 0 Å². The van der Waals surface area contributed by atoms with Gasteiger partial charge in [-0.1, -0.05) is 91.0 Å². The topological polar surface area (TPSA) is 52.9 Å². The first-order chi connectivity index (χ1) is 26.3. The maximum absolute atomic E-state index is 5.18. The first-order valence-electron chi connectivity index (χ1n) is 17.8. The fourth-order valence-corrected chi connectivity index (χ4v) is 7.95. The largest absolute Gasteiger partial charge is 0.309 e. The molecule has 0 amide bonds. The highest BCUT2D eigenvalue weighted by Crippen LogP contribution is 2.38. The van der Waals surface area contributed by atoms with Crippen LogP contribution in [0.2, 0.25) is 0 Å². The van der Waals surface area contributed by atoms with Crippen LogP contribution < -0.4 is 0 Å². The molecule has 0 unspecified atom stereocenters. The second-order valence-electron chi connectivity index (χ2n) is 13.4. The van der Waals surface area contributed by atoms with Gasteiger partial charge in [0.25, 0.3) is 0 Å². The second-order valence-corrected chi connectivity index (χ2v) is 13.4. The van der Waals surface area contributed by atoms with Crippen molar-refractivity contribution in [2.24, 2.45) is 0 Å². The molecule has 6 heteroatoms. The maximum Gasteiger partial charge on any atom is 0.182 e. The number of rotatable bonds is 5. The number of pyridine rings is 2. The Morgan fingerprint density at radius 1 is 0.396 bits per heavy atom. The molecule has 0 fully saturated rings. The van der Waals surface area contributed by atoms with Crippen molar-refractivity contribution >= 4 is 49.4 Å². The van der Waals surface area contributed by atoms with E-state index in [1.54, 1.807) is 0 Å². The minimum atomic E-state index is 0.669. The maximum atomic E-state index is 5.18. The molecule has 0 radical (unpaired) electrons. The van der Waals surface area contributed by atoms with Gasteiger partial charge in [0.15, 0.2) is 11.5 Å². The van der Waals surface area contributed by atoms with Crippen LogP contribution in [-0.4, -0.2) is 28.7 Å². The quantitative estimate of drug-likeness (QED) is 0.182. The van der Waals surface area contributed by atoms with E-state index in [-0.39, 0.29) is 0 Å². The summed E-state index contributed by atoms with van der Waals surface area (Å²) in [5.41, 5.74) is 12.8. The molecule has 0 spiro atoms. The Hall–Kier alpha value is -7.31. The molecular formula is C47H30N6. The molecule has 11 rings (SSSR count). The molecule has 6 nitrogen and oxygen atoms in total. The molecule has 5 aromatic heterocycles. The van der Waals surface area contributed by atoms with Crippen molar-refractivity contribution in [2.45, 2.75) is 0 Å². The standard InChI is InChI=1S/C47H30N6/c1-3-12-31(13-4-1)32-22-24-43-40(29-32)41-30-33(23-25-44(41)52(43)35-15-5-2-6-16-35)37-20-11-27-51-47(37)49-45(50-51)34-14-9-17-36(28-34)53-42-21-8-7-18-38(42)39-19-10-26-48-46(39)53/h1-30H. The van der Waals surface area contributed by atoms with Crippen molar-refractivity contribution in [3.8, 4) is 45.0 Å². The van der Waals surface area contributed by atoms with Gasteiger partial charge in [0.2, 0.25) is 0 Å². The first kappa shape index (κ1) is 29.4. The number of fused-ring (bicyclic) bond motifs is 7. The Kier molecular flexibility index (Phi) is 6.45. The summed E-state index contributed by atoms with van der Waals surface area (Å²) in [4.78, 5) is 9.96. The summed E-state index contributed by atoms with van der Waals surface area (Å²) in [7, 11) is 0. The zero-order valence-electron chi connectivity index (χ0n) is 28.5. The van der Waals surface area contributed by atoms with Crippen molar-refractivity contribution < 1.29 is 0 Å². The van der Waals surface area contributed by atoms with Gasteiger partial charge in [-0.15, -0.1) is 5.10 Å². The van der Waals surface area contributed by atoms with Crippen LogP contribution in [0.25, 0.3) is 94.4 Å². The van der Waals surface area contributed by atoms with Crippen molar-refractivity contribution in [3.63, 3.8) is 0 Å². The van der Waals surface area contributed by atoms with Gasteiger partial charge in [-0.3, -0.25) is 4.57 Å². The van der Waals surface area contributed by atoms with E-state index in [1.807, 2.05) is 29.0 Å². The van der Waals surface area contributed by atoms with E-state index < -0.39 is 0 Å². The van der Waals surface area contributed by atoms with Gasteiger partial charge < -0.3 is 4.57 Å². The Balaban J connectivity index is 1.06. The normalized spacial score (nSPS) is 11.8. The molecule has 6 aromatic carbocycles. The molecule has 0 aliphatic carbocycles. The van der Waals surface area contributed by atoms with Gasteiger partial charge in [0, 0.05) is 56.4 Å². The third-order valence-electron chi connectivity index (χ3n) is 10.4. The molecule has 0 N–H and O–H groups in total. The highest BCUT2D eigenvalue weighted by molar-refractivity contribution is 6.12. The van der Waals surface area contributed by atoms with E-state index in [2.05, 4.69) is 167 Å².